The minimum absolute atomic E-state index is 0.0111. The van der Waals surface area contributed by atoms with E-state index in [1.165, 1.54) is 4.90 Å². The smallest absolute Gasteiger partial charge is 0.304 e. The first-order valence-corrected chi connectivity index (χ1v) is 9.10. The van der Waals surface area contributed by atoms with E-state index in [9.17, 15) is 14.0 Å². The van der Waals surface area contributed by atoms with E-state index in [2.05, 4.69) is 9.97 Å². The fourth-order valence-electron chi connectivity index (χ4n) is 3.63. The fourth-order valence-corrected chi connectivity index (χ4v) is 3.63. The number of benzene rings is 1. The van der Waals surface area contributed by atoms with E-state index in [0.29, 0.717) is 12.2 Å². The fraction of sp³-hybridized carbons (Fsp3) is 0.526. The van der Waals surface area contributed by atoms with Gasteiger partial charge in [0.15, 0.2) is 0 Å². The van der Waals surface area contributed by atoms with Gasteiger partial charge in [-0.15, -0.1) is 0 Å². The van der Waals surface area contributed by atoms with Gasteiger partial charge >= 0.3 is 5.97 Å². The van der Waals surface area contributed by atoms with Crippen LogP contribution in [0.25, 0.3) is 11.0 Å². The number of alkyl halides is 1. The number of carboxylic acids is 1. The monoisotopic (exact) mass is 361 g/mol. The number of unbranched alkanes of at least 4 members (excludes halogenated alkanes) is 1. The molecule has 1 aliphatic heterocycles. The lowest BCUT2D eigenvalue weighted by molar-refractivity contribution is -0.145. The van der Waals surface area contributed by atoms with Crippen molar-refractivity contribution in [2.45, 2.75) is 51.2 Å². The van der Waals surface area contributed by atoms with Crippen molar-refractivity contribution < 1.29 is 19.1 Å². The Bertz CT molecular complexity index is 758. The number of rotatable bonds is 7. The first kappa shape index (κ1) is 18.4. The number of carboxylic acid groups (broad SMARTS) is 1. The summed E-state index contributed by atoms with van der Waals surface area (Å²) in [6.07, 6.45) is 0.975. The number of halogens is 1. The minimum atomic E-state index is -1.13. The van der Waals surface area contributed by atoms with Crippen molar-refractivity contribution in [2.24, 2.45) is 5.92 Å². The van der Waals surface area contributed by atoms with Crippen molar-refractivity contribution in [2.75, 3.05) is 6.54 Å². The summed E-state index contributed by atoms with van der Waals surface area (Å²) in [5.74, 6) is -1.35. The third-order valence-corrected chi connectivity index (χ3v) is 4.93. The number of nitrogens with zero attached hydrogens (tertiary/aromatic N) is 2. The predicted molar refractivity (Wildman–Crippen MR) is 95.3 cm³/mol. The molecule has 1 aromatic carbocycles. The van der Waals surface area contributed by atoms with Crippen LogP contribution in [0.5, 0.6) is 0 Å². The molecule has 26 heavy (non-hydrogen) atoms. The lowest BCUT2D eigenvalue weighted by Gasteiger charge is -2.27. The van der Waals surface area contributed by atoms with Gasteiger partial charge in [0.05, 0.1) is 30.0 Å². The Morgan fingerprint density at radius 2 is 2.19 bits per heavy atom. The number of aliphatic carboxylic acids is 1. The molecule has 140 valence electrons. The van der Waals surface area contributed by atoms with Crippen LogP contribution in [0, 0.1) is 5.92 Å². The number of H-pyrrole nitrogens is 1. The summed E-state index contributed by atoms with van der Waals surface area (Å²) < 4.78 is 14.2. The number of carbonyl (C=O) groups excluding carboxylic acids is 1. The van der Waals surface area contributed by atoms with Gasteiger partial charge in [-0.25, -0.2) is 9.37 Å². The minimum Gasteiger partial charge on any atom is -0.481 e. The molecule has 6 nitrogen and oxygen atoms in total. The lowest BCUT2D eigenvalue weighted by Crippen LogP contribution is -2.37. The van der Waals surface area contributed by atoms with Gasteiger partial charge < -0.3 is 15.0 Å². The summed E-state index contributed by atoms with van der Waals surface area (Å²) in [4.78, 5) is 33.3. The number of carbonyl (C=O) groups is 2. The number of likely N-dealkylation sites (tertiary alicyclic amines) is 1. The zero-order valence-corrected chi connectivity index (χ0v) is 14.8. The zero-order valence-electron chi connectivity index (χ0n) is 14.8. The van der Waals surface area contributed by atoms with Crippen molar-refractivity contribution in [3.05, 3.63) is 30.1 Å². The van der Waals surface area contributed by atoms with Gasteiger partial charge in [-0.05, 0) is 18.6 Å². The van der Waals surface area contributed by atoms with Gasteiger partial charge in [0, 0.05) is 12.3 Å². The van der Waals surface area contributed by atoms with Crippen LogP contribution >= 0.6 is 0 Å². The molecule has 0 radical (unpaired) electrons. The molecule has 3 atom stereocenters. The molecule has 2 heterocycles. The Labute approximate surface area is 151 Å². The van der Waals surface area contributed by atoms with Crippen molar-refractivity contribution in [3.63, 3.8) is 0 Å². The third kappa shape index (κ3) is 3.86. The van der Waals surface area contributed by atoms with E-state index in [1.54, 1.807) is 0 Å². The number of hydrogen-bond acceptors (Lipinski definition) is 3. The van der Waals surface area contributed by atoms with Crippen molar-refractivity contribution in [3.8, 4) is 0 Å². The number of aromatic nitrogens is 2. The van der Waals surface area contributed by atoms with Crippen LogP contribution < -0.4 is 0 Å². The van der Waals surface area contributed by atoms with Crippen LogP contribution in [-0.2, 0) is 9.59 Å². The normalized spacial score (nSPS) is 21.2. The largest absolute Gasteiger partial charge is 0.481 e. The van der Waals surface area contributed by atoms with E-state index >= 15 is 0 Å². The molecule has 3 rings (SSSR count). The van der Waals surface area contributed by atoms with Gasteiger partial charge in [-0.3, -0.25) is 9.59 Å². The topological polar surface area (TPSA) is 86.3 Å². The second kappa shape index (κ2) is 7.85. The van der Waals surface area contributed by atoms with Gasteiger partial charge in [0.25, 0.3) is 0 Å². The molecule has 0 spiro atoms. The first-order chi connectivity index (χ1) is 12.5. The summed E-state index contributed by atoms with van der Waals surface area (Å²) in [6, 6.07) is 7.01. The summed E-state index contributed by atoms with van der Waals surface area (Å²) in [6.45, 7) is 1.98. The van der Waals surface area contributed by atoms with Gasteiger partial charge in [-0.1, -0.05) is 31.9 Å². The average Bonchev–Trinajstić information content (AvgIpc) is 3.20. The SMILES string of the molecule is CCCC[C@H](CC(=O)O)C(=O)N1C[C@H](F)C[C@H]1c1nc2ccccc2[nH]1. The molecule has 1 aliphatic rings. The third-order valence-electron chi connectivity index (χ3n) is 4.93. The predicted octanol–water partition coefficient (Wildman–Crippen LogP) is 3.46. The number of nitrogens with one attached hydrogen (secondary N) is 1. The van der Waals surface area contributed by atoms with Crippen LogP contribution in [-0.4, -0.2) is 44.6 Å². The van der Waals surface area contributed by atoms with Crippen LogP contribution in [0.3, 0.4) is 0 Å². The number of amides is 1. The summed E-state index contributed by atoms with van der Waals surface area (Å²) in [7, 11) is 0. The van der Waals surface area contributed by atoms with Crippen LogP contribution in [0.1, 0.15) is 50.9 Å². The van der Waals surface area contributed by atoms with Crippen LogP contribution in [0.15, 0.2) is 24.3 Å². The lowest BCUT2D eigenvalue weighted by atomic mass is 9.96. The Morgan fingerprint density at radius 3 is 2.88 bits per heavy atom. The maximum atomic E-state index is 14.2. The molecule has 1 saturated heterocycles. The van der Waals surface area contributed by atoms with Crippen LogP contribution in [0.4, 0.5) is 4.39 Å². The summed E-state index contributed by atoms with van der Waals surface area (Å²) in [5.41, 5.74) is 1.61. The number of fused-ring (bicyclic) bond motifs is 1. The maximum absolute atomic E-state index is 14.2. The molecule has 1 fully saturated rings. The highest BCUT2D eigenvalue weighted by Crippen LogP contribution is 2.35. The molecular weight excluding hydrogens is 337 g/mol. The highest BCUT2D eigenvalue weighted by atomic mass is 19.1. The Balaban J connectivity index is 1.85. The first-order valence-electron chi connectivity index (χ1n) is 9.10. The van der Waals surface area contributed by atoms with E-state index in [1.807, 2.05) is 31.2 Å². The molecule has 2 N–H and O–H groups in total. The second-order valence-corrected chi connectivity index (χ2v) is 6.92. The van der Waals surface area contributed by atoms with Crippen molar-refractivity contribution in [1.29, 1.82) is 0 Å². The van der Waals surface area contributed by atoms with E-state index < -0.39 is 24.1 Å². The second-order valence-electron chi connectivity index (χ2n) is 6.92. The van der Waals surface area contributed by atoms with Crippen molar-refractivity contribution in [1.82, 2.24) is 14.9 Å². The maximum Gasteiger partial charge on any atom is 0.304 e. The number of aromatic amines is 1. The van der Waals surface area contributed by atoms with Crippen molar-refractivity contribution >= 4 is 22.9 Å². The quantitative estimate of drug-likeness (QED) is 0.791. The molecule has 7 heteroatoms. The van der Waals surface area contributed by atoms with Gasteiger partial charge in [0.2, 0.25) is 5.91 Å². The van der Waals surface area contributed by atoms with E-state index in [4.69, 9.17) is 5.11 Å². The molecule has 1 aromatic heterocycles. The molecule has 0 unspecified atom stereocenters. The van der Waals surface area contributed by atoms with Gasteiger partial charge in [0.1, 0.15) is 12.0 Å². The van der Waals surface area contributed by atoms with Crippen LogP contribution in [0.2, 0.25) is 0 Å². The number of imidazole rings is 1. The molecule has 1 amide bonds. The Morgan fingerprint density at radius 1 is 1.42 bits per heavy atom. The molecule has 2 aromatic rings. The molecule has 0 saturated carbocycles. The summed E-state index contributed by atoms with van der Waals surface area (Å²) in [5, 5.41) is 9.14. The molecule has 0 bridgehead atoms. The standard InChI is InChI=1S/C19H24FN3O3/c1-2-3-6-12(9-17(24)25)19(26)23-11-13(20)10-16(23)18-21-14-7-4-5-8-15(14)22-18/h4-5,7-8,12-13,16H,2-3,6,9-11H2,1H3,(H,21,22)(H,24,25)/t12-,13-,16+/m1/s1. The number of para-hydroxylation sites is 2. The zero-order chi connectivity index (χ0) is 18.7. The van der Waals surface area contributed by atoms with Gasteiger partial charge in [-0.2, -0.15) is 0 Å². The molecular formula is C19H24FN3O3. The molecule has 0 aliphatic carbocycles. The van der Waals surface area contributed by atoms with E-state index in [-0.39, 0.29) is 25.3 Å². The van der Waals surface area contributed by atoms with E-state index in [0.717, 1.165) is 23.9 Å². The number of hydrogen-bond donors (Lipinski definition) is 2. The Hall–Kier alpha value is -2.44. The average molecular weight is 361 g/mol. The summed E-state index contributed by atoms with van der Waals surface area (Å²) >= 11 is 0. The highest BCUT2D eigenvalue weighted by molar-refractivity contribution is 5.84. The highest BCUT2D eigenvalue weighted by Gasteiger charge is 2.40. The Kier molecular flexibility index (Phi) is 5.54.